The Balaban J connectivity index is 0. The van der Waals surface area contributed by atoms with Gasteiger partial charge in [-0.25, -0.2) is 0 Å². The Kier molecular flexibility index (Phi) is 25.6. The predicted molar refractivity (Wildman–Crippen MR) is 21.7 cm³/mol. The van der Waals surface area contributed by atoms with E-state index in [4.69, 9.17) is 21.3 Å². The van der Waals surface area contributed by atoms with Gasteiger partial charge in [0, 0.05) is 0 Å². The molecule has 0 heterocycles. The predicted octanol–water partition coefficient (Wildman–Crippen LogP) is -0.913. The molecule has 0 unspecified atom stereocenters. The van der Waals surface area contributed by atoms with Crippen molar-refractivity contribution in [2.75, 3.05) is 13.2 Å². The number of nitrogens with one attached hydrogen (secondary N) is 2. The van der Waals surface area contributed by atoms with Crippen LogP contribution in [0.4, 0.5) is 0 Å². The Morgan fingerprint density at radius 3 is 1.29 bits per heavy atom. The molecule has 0 atom stereocenters. The third-order valence-electron chi connectivity index (χ3n) is 0.1000. The first-order valence-corrected chi connectivity index (χ1v) is 1.58. The van der Waals surface area contributed by atoms with Gasteiger partial charge in [0.05, 0.1) is 13.2 Å². The Morgan fingerprint density at radius 1 is 1.14 bits per heavy atom. The third kappa shape index (κ3) is 1030. The van der Waals surface area contributed by atoms with Crippen LogP contribution in [0.5, 0.6) is 0 Å². The van der Waals surface area contributed by atoms with Crippen molar-refractivity contribution in [2.45, 2.75) is 0 Å². The van der Waals surface area contributed by atoms with Gasteiger partial charge in [0.2, 0.25) is 4.91 Å². The topological polar surface area (TPSA) is 102 Å². The highest BCUT2D eigenvalue weighted by Gasteiger charge is 1.58. The molecule has 4 N–H and O–H groups in total. The Morgan fingerprint density at radius 2 is 1.29 bits per heavy atom. The van der Waals surface area contributed by atoms with Crippen LogP contribution in [0.15, 0.2) is 0 Å². The molecular formula is C2H8N3O2+. The van der Waals surface area contributed by atoms with Crippen molar-refractivity contribution in [3.05, 3.63) is 0 Å². The summed E-state index contributed by atoms with van der Waals surface area (Å²) in [5.41, 5.74) is 11.0. The molecule has 0 radical (unpaired) electrons. The zero-order chi connectivity index (χ0) is 6.12. The molecule has 0 spiro atoms. The fourth-order valence-corrected chi connectivity index (χ4v) is 0. The van der Waals surface area contributed by atoms with Crippen molar-refractivity contribution < 1.29 is 10.2 Å². The first-order chi connectivity index (χ1) is 3.33. The molecule has 7 heavy (non-hydrogen) atoms. The lowest BCUT2D eigenvalue weighted by molar-refractivity contribution is 0.186. The number of aliphatic hydroxyl groups excluding tert-OH is 2. The lowest BCUT2D eigenvalue weighted by Crippen LogP contribution is -1.85. The van der Waals surface area contributed by atoms with E-state index in [0.717, 1.165) is 0 Å². The standard InChI is InChI=1S/C2H6O2.H2N3/c3-1-2-4;1-3-2/h3-4H,1-2H2;1-2H/q;+1. The normalized spacial score (nSPS) is 5.43. The van der Waals surface area contributed by atoms with Crippen molar-refractivity contribution in [3.8, 4) is 0 Å². The van der Waals surface area contributed by atoms with Crippen LogP contribution in [-0.4, -0.2) is 23.4 Å². The van der Waals surface area contributed by atoms with Gasteiger partial charge < -0.3 is 10.2 Å². The summed E-state index contributed by atoms with van der Waals surface area (Å²) in [4.78, 5) is 2.00. The molecule has 0 rings (SSSR count). The van der Waals surface area contributed by atoms with Gasteiger partial charge in [-0.3, -0.25) is 0 Å². The second kappa shape index (κ2) is 18.8. The quantitative estimate of drug-likeness (QED) is 0.257. The molecule has 0 saturated carbocycles. The van der Waals surface area contributed by atoms with E-state index in [1.807, 2.05) is 4.91 Å². The van der Waals surface area contributed by atoms with Crippen LogP contribution in [0.1, 0.15) is 0 Å². The van der Waals surface area contributed by atoms with Crippen molar-refractivity contribution in [2.24, 2.45) is 0 Å². The molecule has 5 heteroatoms. The van der Waals surface area contributed by atoms with Crippen molar-refractivity contribution >= 4 is 0 Å². The maximum absolute atomic E-state index is 7.62. The molecule has 0 aliphatic carbocycles. The fraction of sp³-hybridized carbons (Fsp3) is 1.00. The van der Waals surface area contributed by atoms with Gasteiger partial charge in [-0.05, 0) is 0 Å². The molecular weight excluding hydrogens is 98.0 g/mol. The van der Waals surface area contributed by atoms with Crippen LogP contribution >= 0.6 is 0 Å². The minimum absolute atomic E-state index is 0.125. The maximum atomic E-state index is 7.62. The van der Waals surface area contributed by atoms with Gasteiger partial charge in [0.1, 0.15) is 11.1 Å². The average Bonchev–Trinajstić information content (AvgIpc) is 1.69. The summed E-state index contributed by atoms with van der Waals surface area (Å²) in [6, 6.07) is 0. The monoisotopic (exact) mass is 106 g/mol. The highest BCUT2D eigenvalue weighted by molar-refractivity contribution is 4.06. The molecule has 0 fully saturated rings. The van der Waals surface area contributed by atoms with Crippen LogP contribution in [0.2, 0.25) is 0 Å². The van der Waals surface area contributed by atoms with Gasteiger partial charge in [0.15, 0.2) is 0 Å². The van der Waals surface area contributed by atoms with E-state index in [2.05, 4.69) is 0 Å². The van der Waals surface area contributed by atoms with E-state index >= 15 is 0 Å². The first-order valence-electron chi connectivity index (χ1n) is 1.58. The molecule has 0 amide bonds. The third-order valence-corrected chi connectivity index (χ3v) is 0.1000. The second-order valence-corrected chi connectivity index (χ2v) is 0.559. The zero-order valence-electron chi connectivity index (χ0n) is 3.76. The summed E-state index contributed by atoms with van der Waals surface area (Å²) in [6.07, 6.45) is 0. The van der Waals surface area contributed by atoms with E-state index in [-0.39, 0.29) is 13.2 Å². The smallest absolute Gasteiger partial charge is 0.211 e. The molecule has 5 nitrogen and oxygen atoms in total. The van der Waals surface area contributed by atoms with Crippen molar-refractivity contribution in [3.63, 3.8) is 0 Å². The highest BCUT2D eigenvalue weighted by Crippen LogP contribution is 1.39. The van der Waals surface area contributed by atoms with Crippen molar-refractivity contribution in [1.82, 2.24) is 4.91 Å². The summed E-state index contributed by atoms with van der Waals surface area (Å²) < 4.78 is 0. The molecule has 0 aliphatic rings. The van der Waals surface area contributed by atoms with Crippen LogP contribution in [0.25, 0.3) is 0 Å². The van der Waals surface area contributed by atoms with Crippen LogP contribution in [-0.2, 0) is 0 Å². The van der Waals surface area contributed by atoms with E-state index in [0.29, 0.717) is 0 Å². The summed E-state index contributed by atoms with van der Waals surface area (Å²) in [7, 11) is 0. The largest absolute Gasteiger partial charge is 0.394 e. The maximum Gasteiger partial charge on any atom is 0.211 e. The van der Waals surface area contributed by atoms with E-state index < -0.39 is 0 Å². The second-order valence-electron chi connectivity index (χ2n) is 0.559. The minimum Gasteiger partial charge on any atom is -0.394 e. The van der Waals surface area contributed by atoms with E-state index in [1.165, 1.54) is 0 Å². The number of rotatable bonds is 1. The van der Waals surface area contributed by atoms with Crippen LogP contribution < -0.4 is 4.91 Å². The molecule has 0 bridgehead atoms. The molecule has 0 aromatic heterocycles. The Bertz CT molecular complexity index is 46.9. The van der Waals surface area contributed by atoms with Gasteiger partial charge in [-0.1, -0.05) is 0 Å². The number of hydrogen-bond donors (Lipinski definition) is 4. The van der Waals surface area contributed by atoms with Gasteiger partial charge >= 0.3 is 0 Å². The van der Waals surface area contributed by atoms with Crippen molar-refractivity contribution in [1.29, 1.82) is 11.1 Å². The Labute approximate surface area is 40.6 Å². The number of aliphatic hydroxyl groups is 2. The average molecular weight is 106 g/mol. The Hall–Kier alpha value is -0.770. The van der Waals surface area contributed by atoms with E-state index in [9.17, 15) is 0 Å². The van der Waals surface area contributed by atoms with Crippen LogP contribution in [0, 0.1) is 11.1 Å². The summed E-state index contributed by atoms with van der Waals surface area (Å²) >= 11 is 0. The number of hydrogen-bond acceptors (Lipinski definition) is 4. The SMILES string of the molecule is N=[N+]=N.OCCO. The highest BCUT2D eigenvalue weighted by atomic mass is 16.3. The molecule has 0 aliphatic heterocycles. The van der Waals surface area contributed by atoms with Gasteiger partial charge in [0.25, 0.3) is 0 Å². The van der Waals surface area contributed by atoms with Gasteiger partial charge in [-0.15, -0.1) is 0 Å². The summed E-state index contributed by atoms with van der Waals surface area (Å²) in [6.45, 7) is -0.250. The molecule has 42 valence electrons. The first kappa shape index (κ1) is 9.52. The molecule has 0 saturated heterocycles. The lowest BCUT2D eigenvalue weighted by atomic mass is 10.8. The van der Waals surface area contributed by atoms with E-state index in [1.54, 1.807) is 0 Å². The van der Waals surface area contributed by atoms with Gasteiger partial charge in [-0.2, -0.15) is 0 Å². The molecule has 0 aromatic rings. The molecule has 0 aromatic carbocycles. The summed E-state index contributed by atoms with van der Waals surface area (Å²) in [5, 5.41) is 15.2. The lowest BCUT2D eigenvalue weighted by Gasteiger charge is -1.70. The fourth-order valence-electron chi connectivity index (χ4n) is 0. The minimum atomic E-state index is -0.125. The summed E-state index contributed by atoms with van der Waals surface area (Å²) in [5.74, 6) is 0. The van der Waals surface area contributed by atoms with Crippen LogP contribution in [0.3, 0.4) is 0 Å². The zero-order valence-corrected chi connectivity index (χ0v) is 3.76. The number of nitrogens with zero attached hydrogens (tertiary/aromatic N) is 1.